The van der Waals surface area contributed by atoms with Gasteiger partial charge in [-0.3, -0.25) is 4.79 Å². The van der Waals surface area contributed by atoms with Crippen molar-refractivity contribution in [1.82, 2.24) is 0 Å². The van der Waals surface area contributed by atoms with Gasteiger partial charge in [-0.2, -0.15) is 0 Å². The molecule has 0 aliphatic heterocycles. The van der Waals surface area contributed by atoms with Crippen molar-refractivity contribution in [2.45, 2.75) is 115 Å². The summed E-state index contributed by atoms with van der Waals surface area (Å²) < 4.78 is 10.7. The first-order valence-electron chi connectivity index (χ1n) is 11.3. The van der Waals surface area contributed by atoms with E-state index in [1.165, 1.54) is 57.8 Å². The minimum absolute atomic E-state index is 0. The molecule has 0 spiro atoms. The van der Waals surface area contributed by atoms with E-state index in [0.717, 1.165) is 32.1 Å². The molecule has 2 aliphatic rings. The van der Waals surface area contributed by atoms with Crippen LogP contribution in [0.25, 0.3) is 0 Å². The number of hydrogen-bond donors (Lipinski definition) is 1. The smallest absolute Gasteiger partial charge is 0 e. The molecule has 2 fully saturated rings. The number of unbranched alkanes of at least 4 members (excludes halogenated alkanes) is 1. The van der Waals surface area contributed by atoms with Crippen molar-refractivity contribution >= 4 is 149 Å². The van der Waals surface area contributed by atoms with E-state index in [1.54, 1.807) is 0 Å². The summed E-state index contributed by atoms with van der Waals surface area (Å²) in [5.74, 6) is -0.239. The molecule has 18 radical (unpaired) electrons. The number of hydrogen-bond acceptors (Lipinski definition) is 4. The van der Waals surface area contributed by atoms with E-state index >= 15 is 0 Å². The molecule has 2 saturated carbocycles. The maximum absolute atomic E-state index is 11.5. The zero-order chi connectivity index (χ0) is 19.6. The molecule has 1 unspecified atom stereocenters. The normalized spacial score (nSPS) is 15.8. The second-order valence-corrected chi connectivity index (χ2v) is 7.82. The van der Waals surface area contributed by atoms with Crippen molar-refractivity contribution in [1.29, 1.82) is 0 Å². The van der Waals surface area contributed by atoms with E-state index in [1.807, 2.05) is 0 Å². The van der Waals surface area contributed by atoms with Gasteiger partial charge in [-0.15, -0.1) is 0 Å². The van der Waals surface area contributed by atoms with Crippen molar-refractivity contribution in [3.05, 3.63) is 12.2 Å². The summed E-state index contributed by atoms with van der Waals surface area (Å²) in [5, 5.41) is 9.76. The van der Waals surface area contributed by atoms with Crippen molar-refractivity contribution in [3.8, 4) is 0 Å². The van der Waals surface area contributed by atoms with E-state index in [4.69, 9.17) is 9.47 Å². The van der Waals surface area contributed by atoms with Crippen LogP contribution in [0.5, 0.6) is 0 Å². The summed E-state index contributed by atoms with van der Waals surface area (Å²) in [5.41, 5.74) is 0. The van der Waals surface area contributed by atoms with E-state index in [0.29, 0.717) is 6.42 Å². The Balaban J connectivity index is -0.000000133. The molecule has 33 heavy (non-hydrogen) atoms. The van der Waals surface area contributed by atoms with Gasteiger partial charge >= 0.3 is 126 Å². The standard InChI is InChI=1S/C17H30O4.C6H12.6Sn.6H/c1-2-3-4-5-9-12-17(19)21-14-15(18)13-20-16-10-7-6-8-11-16;1-2-4-6-5-3-1;;;;;;;;;;;;/h3-4,15-16,18H,2,5-14H2,1H3;1-6H2;;;;;;;;;;;;. The van der Waals surface area contributed by atoms with Crippen molar-refractivity contribution in [3.63, 3.8) is 0 Å². The molecule has 0 amide bonds. The van der Waals surface area contributed by atoms with E-state index in [2.05, 4.69) is 19.1 Å². The Kier molecular flexibility index (Phi) is 57.5. The fraction of sp³-hybridized carbons (Fsp3) is 0.870. The van der Waals surface area contributed by atoms with Crippen LogP contribution in [0.1, 0.15) is 103 Å². The molecule has 0 aromatic rings. The molecular formula is C23H48O4Sn6. The first kappa shape index (κ1) is 49.8. The van der Waals surface area contributed by atoms with Crippen LogP contribution in [0, 0.1) is 0 Å². The molecule has 1 N–H and O–H groups in total. The van der Waals surface area contributed by atoms with Crippen molar-refractivity contribution in [2.24, 2.45) is 0 Å². The summed E-state index contributed by atoms with van der Waals surface area (Å²) in [6, 6.07) is 0. The van der Waals surface area contributed by atoms with E-state index < -0.39 is 6.10 Å². The minimum Gasteiger partial charge on any atom is 0 e. The van der Waals surface area contributed by atoms with Gasteiger partial charge in [-0.1, -0.05) is 76.9 Å². The zero-order valence-electron chi connectivity index (χ0n) is 21.0. The number of allylic oxidation sites excluding steroid dienone is 2. The van der Waals surface area contributed by atoms with E-state index in [-0.39, 0.29) is 169 Å². The fourth-order valence-electron chi connectivity index (χ4n) is 3.50. The fourth-order valence-corrected chi connectivity index (χ4v) is 3.50. The van der Waals surface area contributed by atoms with Gasteiger partial charge in [0.25, 0.3) is 0 Å². The van der Waals surface area contributed by atoms with Crippen LogP contribution in [0.2, 0.25) is 0 Å². The quantitative estimate of drug-likeness (QED) is 0.157. The Bertz CT molecular complexity index is 382. The van der Waals surface area contributed by atoms with Gasteiger partial charge in [0.05, 0.1) is 12.7 Å². The predicted octanol–water partition coefficient (Wildman–Crippen LogP) is 1.83. The Morgan fingerprint density at radius 2 is 1.36 bits per heavy atom. The molecular weight excluding hydrogens is 1050 g/mol. The first-order valence-corrected chi connectivity index (χ1v) is 11.3. The van der Waals surface area contributed by atoms with Gasteiger partial charge in [-0.05, 0) is 32.1 Å². The maximum Gasteiger partial charge on any atom is 0 e. The van der Waals surface area contributed by atoms with Crippen LogP contribution in [-0.4, -0.2) is 180 Å². The zero-order valence-corrected chi connectivity index (χ0v) is 41.1. The number of aliphatic hydroxyl groups excluding tert-OH is 1. The van der Waals surface area contributed by atoms with Crippen LogP contribution in [0.3, 0.4) is 0 Å². The molecule has 188 valence electrons. The molecule has 10 heteroatoms. The number of aliphatic hydroxyl groups is 1. The average Bonchev–Trinajstić information content (AvgIpc) is 2.73. The van der Waals surface area contributed by atoms with Crippen LogP contribution in [-0.2, 0) is 14.3 Å². The SMILES string of the molecule is C1CCCCC1.CCC=CCCCC(=O)OCC(O)COC1CCCCC1.[SnH2].[SnH].[SnH].[SnH].[SnH].[Sn]. The van der Waals surface area contributed by atoms with Crippen molar-refractivity contribution < 1.29 is 19.4 Å². The number of esters is 1. The summed E-state index contributed by atoms with van der Waals surface area (Å²) in [4.78, 5) is 11.5. The molecule has 0 saturated heterocycles. The van der Waals surface area contributed by atoms with Crippen LogP contribution in [0.4, 0.5) is 0 Å². The maximum atomic E-state index is 11.5. The summed E-state index contributed by atoms with van der Waals surface area (Å²) >= 11 is 0. The molecule has 0 heterocycles. The minimum atomic E-state index is -0.712. The number of ether oxygens (including phenoxy) is 2. The van der Waals surface area contributed by atoms with Gasteiger partial charge in [0.1, 0.15) is 12.7 Å². The second kappa shape index (κ2) is 38.1. The number of carbonyl (C=O) groups is 1. The van der Waals surface area contributed by atoms with Crippen molar-refractivity contribution in [2.75, 3.05) is 13.2 Å². The Hall–Kier alpha value is 3.92. The van der Waals surface area contributed by atoms with Crippen LogP contribution in [0.15, 0.2) is 12.2 Å². The third kappa shape index (κ3) is 33.9. The Morgan fingerprint density at radius 1 is 0.879 bits per heavy atom. The van der Waals surface area contributed by atoms with E-state index in [9.17, 15) is 9.90 Å². The Labute approximate surface area is 305 Å². The summed E-state index contributed by atoms with van der Waals surface area (Å²) in [6.45, 7) is 2.38. The third-order valence-electron chi connectivity index (χ3n) is 5.17. The largest absolute Gasteiger partial charge is 0 e. The third-order valence-corrected chi connectivity index (χ3v) is 5.17. The molecule has 0 bridgehead atoms. The van der Waals surface area contributed by atoms with Crippen LogP contribution < -0.4 is 0 Å². The number of rotatable bonds is 10. The number of carbonyl (C=O) groups excluding carboxylic acids is 1. The topological polar surface area (TPSA) is 55.8 Å². The molecule has 4 nitrogen and oxygen atoms in total. The van der Waals surface area contributed by atoms with Gasteiger partial charge in [0.2, 0.25) is 0 Å². The van der Waals surface area contributed by atoms with Gasteiger partial charge in [0, 0.05) is 30.3 Å². The summed E-state index contributed by atoms with van der Waals surface area (Å²) in [6.07, 6.45) is 21.7. The monoisotopic (exact) mass is 1110 g/mol. The van der Waals surface area contributed by atoms with Gasteiger partial charge in [0.15, 0.2) is 0 Å². The molecule has 0 aromatic heterocycles. The predicted molar refractivity (Wildman–Crippen MR) is 154 cm³/mol. The van der Waals surface area contributed by atoms with Crippen LogP contribution >= 0.6 is 0 Å². The molecule has 2 aliphatic carbocycles. The summed E-state index contributed by atoms with van der Waals surface area (Å²) in [7, 11) is 0. The molecule has 2 rings (SSSR count). The van der Waals surface area contributed by atoms with Gasteiger partial charge < -0.3 is 14.6 Å². The van der Waals surface area contributed by atoms with Gasteiger partial charge in [-0.25, -0.2) is 0 Å². The first-order chi connectivity index (χ1) is 13.2. The second-order valence-electron chi connectivity index (χ2n) is 7.82. The molecule has 0 aromatic carbocycles. The Morgan fingerprint density at radius 3 is 1.85 bits per heavy atom. The average molecular weight is 1100 g/mol. The molecule has 1 atom stereocenters.